The summed E-state index contributed by atoms with van der Waals surface area (Å²) in [6, 6.07) is -8.90. The third-order valence-corrected chi connectivity index (χ3v) is 27.2. The minimum absolute atomic E-state index is 0.0909. The number of nitrogens with one attached hydrogen (secondary N) is 9. The van der Waals surface area contributed by atoms with Crippen LogP contribution in [0.25, 0.3) is 0 Å². The van der Waals surface area contributed by atoms with Gasteiger partial charge in [0, 0.05) is 137 Å². The number of hydrogen-bond acceptors (Lipinski definition) is 23. The largest absolute Gasteiger partial charge is 0.501 e. The van der Waals surface area contributed by atoms with Gasteiger partial charge in [0.1, 0.15) is 48.3 Å². The van der Waals surface area contributed by atoms with Gasteiger partial charge in [-0.25, -0.2) is 9.59 Å². The molecule has 42 heteroatoms. The molecule has 3 unspecified atom stereocenters. The molecule has 6 fully saturated rings. The lowest BCUT2D eigenvalue weighted by atomic mass is 10.1. The minimum atomic E-state index is -2.87. The van der Waals surface area contributed by atoms with Crippen molar-refractivity contribution in [1.82, 2.24) is 77.3 Å². The van der Waals surface area contributed by atoms with Gasteiger partial charge < -0.3 is 125 Å². The zero-order valence-electron chi connectivity index (χ0n) is 64.9. The zero-order chi connectivity index (χ0) is 81.4. The van der Waals surface area contributed by atoms with Crippen LogP contribution >= 0.6 is 22.6 Å². The van der Waals surface area contributed by atoms with E-state index in [-0.39, 0.29) is 110 Å². The summed E-state index contributed by atoms with van der Waals surface area (Å²) < 4.78 is 35.6. The molecule has 0 spiro atoms. The van der Waals surface area contributed by atoms with Gasteiger partial charge in [0.05, 0.1) is 42.6 Å². The number of hydrogen-bond donors (Lipinski definition) is 13. The van der Waals surface area contributed by atoms with E-state index in [9.17, 15) is 82.4 Å². The molecule has 16 amide bonds. The lowest BCUT2D eigenvalue weighted by Gasteiger charge is -2.33. The highest BCUT2D eigenvalue weighted by Crippen LogP contribution is 2.31. The van der Waals surface area contributed by atoms with E-state index in [0.717, 1.165) is 9.80 Å². The van der Waals surface area contributed by atoms with E-state index in [1.165, 1.54) is 26.5 Å². The molecule has 6 saturated heterocycles. The number of rotatable bonds is 46. The van der Waals surface area contributed by atoms with E-state index in [1.807, 2.05) is 34.6 Å². The van der Waals surface area contributed by atoms with Gasteiger partial charge in [-0.3, -0.25) is 57.5 Å². The Balaban J connectivity index is 0.926. The fourth-order valence-corrected chi connectivity index (χ4v) is 21.4. The fourth-order valence-electron chi connectivity index (χ4n) is 15.1. The third kappa shape index (κ3) is 27.9. The van der Waals surface area contributed by atoms with Gasteiger partial charge in [-0.05, 0) is 125 Å². The molecule has 0 aliphatic carbocycles. The predicted octanol–water partition coefficient (Wildman–Crippen LogP) is -3.14. The Hall–Kier alpha value is -7.02. The summed E-state index contributed by atoms with van der Waals surface area (Å²) >= 11 is 2.09. The van der Waals surface area contributed by atoms with Crippen LogP contribution in [0.3, 0.4) is 0 Å². The first-order valence-electron chi connectivity index (χ1n) is 39.1. The molecular formula is C69H119IN16O23Si2. The monoisotopic (exact) mass is 1720 g/mol. The SMILES string of the molecule is CCO[Si](CCCNC(=O)NCCCC[C@H](NC(=O)CNC(=O)[C@@H]1CC(O)CN1C(=O)[C@@H]1CCCN1C(=O)CNC(=O)[C@@H]1CC(O)CN1C(=O)[C@@H]1CCCN1C(=O)CNC(=O)[C@@H]1CC(O)CN1C(=O)[C@@H]1CCCN1C(=O)[C@H](CCCCNC(=O)NCCC[Si](OCC)(OCC)OCI)NC(C)=O)C(N)=O)(OCC)OCC. The zero-order valence-corrected chi connectivity index (χ0v) is 69.0. The van der Waals surface area contributed by atoms with Gasteiger partial charge >= 0.3 is 29.7 Å². The summed E-state index contributed by atoms with van der Waals surface area (Å²) in [7, 11) is -5.73. The van der Waals surface area contributed by atoms with Crippen LogP contribution in [0.5, 0.6) is 0 Å². The van der Waals surface area contributed by atoms with Crippen LogP contribution in [0.4, 0.5) is 9.59 Å². The average Bonchev–Trinajstić information content (AvgIpc) is 1.67. The molecule has 0 aromatic heterocycles. The molecule has 39 nitrogen and oxygen atoms in total. The van der Waals surface area contributed by atoms with E-state index >= 15 is 0 Å². The lowest BCUT2D eigenvalue weighted by Crippen LogP contribution is -2.57. The molecule has 6 aliphatic heterocycles. The minimum Gasteiger partial charge on any atom is -0.391 e. The van der Waals surface area contributed by atoms with Crippen molar-refractivity contribution >= 4 is 123 Å². The summed E-state index contributed by atoms with van der Waals surface area (Å²) in [4.78, 5) is 197. The summed E-state index contributed by atoms with van der Waals surface area (Å²) in [5.41, 5.74) is 5.59. The van der Waals surface area contributed by atoms with Crippen LogP contribution in [0.1, 0.15) is 151 Å². The van der Waals surface area contributed by atoms with Crippen LogP contribution in [-0.2, 0) is 84.1 Å². The number of nitrogens with zero attached hydrogens (tertiary/aromatic N) is 6. The first-order valence-corrected chi connectivity index (χ1v) is 44.5. The summed E-state index contributed by atoms with van der Waals surface area (Å²) in [6.07, 6.45) is 0.843. The van der Waals surface area contributed by atoms with Crippen molar-refractivity contribution in [1.29, 1.82) is 0 Å². The van der Waals surface area contributed by atoms with Crippen LogP contribution in [0, 0.1) is 0 Å². The number of nitrogens with two attached hydrogens (primary N) is 1. The summed E-state index contributed by atoms with van der Waals surface area (Å²) in [6.45, 7) is 11.7. The highest BCUT2D eigenvalue weighted by molar-refractivity contribution is 14.1. The molecule has 0 saturated carbocycles. The van der Waals surface area contributed by atoms with Gasteiger partial charge in [0.2, 0.25) is 70.9 Å². The molecule has 6 heterocycles. The smallest absolute Gasteiger partial charge is 0.391 e. The van der Waals surface area contributed by atoms with Crippen molar-refractivity contribution < 1.29 is 109 Å². The van der Waals surface area contributed by atoms with Crippen LogP contribution in [0.2, 0.25) is 12.1 Å². The normalized spacial score (nSPS) is 22.4. The van der Waals surface area contributed by atoms with E-state index in [1.54, 1.807) is 0 Å². The molecule has 14 N–H and O–H groups in total. The van der Waals surface area contributed by atoms with E-state index in [4.69, 9.17) is 32.3 Å². The highest BCUT2D eigenvalue weighted by Gasteiger charge is 2.50. The predicted molar refractivity (Wildman–Crippen MR) is 409 cm³/mol. The Morgan fingerprint density at radius 1 is 0.432 bits per heavy atom. The standard InChI is InChI=1S/C69H119IN16O23Si2/c1-7-104-110(105-8-2,106-9-3)33-19-28-74-68(102)72-26-14-12-21-49(60(71)94)80-57(91)38-76-61(95)54-35-46(88)41-84(54)65(99)51-23-16-30-81(51)58(92)39-77-62(96)55-36-47(89)42-85(55)66(100)52-24-17-31-82(52)59(93)40-78-63(97)56-37-48(90)43-86(56)67(101)53-25-18-32-83(53)64(98)50(79-45(6)87)22-13-15-27-73-69(103)75-29-20-34-111(107-10-4,108-11-5)109-44-70/h46-56,88-90H,7-44H2,1-6H3,(H2,71,94)(H,76,95)(H,77,96)(H,78,97)(H,79,87)(H,80,91)(H2,72,74,102)(H2,73,75,103)/t46?,47?,48?,49-,50-,51-,52-,53-,54-,55-,56-/m0/s1. The molecule has 111 heavy (non-hydrogen) atoms. The molecular weight excluding hydrogens is 1600 g/mol. The molecule has 6 rings (SSSR count). The van der Waals surface area contributed by atoms with Crippen LogP contribution in [0.15, 0.2) is 0 Å². The van der Waals surface area contributed by atoms with Gasteiger partial charge in [0.25, 0.3) is 0 Å². The second-order valence-corrected chi connectivity index (χ2v) is 34.2. The van der Waals surface area contributed by atoms with E-state index in [0.29, 0.717) is 121 Å². The Morgan fingerprint density at radius 2 is 0.775 bits per heavy atom. The maximum Gasteiger partial charge on any atom is 0.501 e. The molecule has 0 radical (unpaired) electrons. The first-order chi connectivity index (χ1) is 53.1. The number of unbranched alkanes of at least 4 members (excludes halogenated alkanes) is 2. The Bertz CT molecular complexity index is 3130. The topological polar surface area (TPSA) is 509 Å². The molecule has 6 aliphatic rings. The van der Waals surface area contributed by atoms with Crippen molar-refractivity contribution in [2.45, 2.75) is 229 Å². The molecule has 0 aromatic rings. The van der Waals surface area contributed by atoms with Crippen molar-refractivity contribution in [2.24, 2.45) is 5.73 Å². The van der Waals surface area contributed by atoms with Gasteiger partial charge in [-0.2, -0.15) is 0 Å². The quantitative estimate of drug-likeness (QED) is 0.0124. The Labute approximate surface area is 663 Å². The number of aliphatic hydroxyl groups is 3. The number of halogens is 1. The maximum absolute atomic E-state index is 14.4. The summed E-state index contributed by atoms with van der Waals surface area (Å²) in [5.74, 6) is -8.22. The average molecular weight is 1720 g/mol. The van der Waals surface area contributed by atoms with Gasteiger partial charge in [-0.1, -0.05) is 22.6 Å². The molecule has 628 valence electrons. The Morgan fingerprint density at radius 3 is 1.14 bits per heavy atom. The maximum atomic E-state index is 14.4. The molecule has 11 atom stereocenters. The number of carbonyl (C=O) groups is 14. The van der Waals surface area contributed by atoms with E-state index < -0.39 is 181 Å². The molecule has 0 bridgehead atoms. The number of likely N-dealkylation sites (tertiary alicyclic amines) is 6. The first kappa shape index (κ1) is 92.8. The second kappa shape index (κ2) is 47.0. The number of aliphatic hydroxyl groups excluding tert-OH is 3. The number of β-amino-alcohol motifs (C(OH)–C–C–N with tert-alkyl or cyclic N) is 3. The molecule has 0 aromatic carbocycles. The van der Waals surface area contributed by atoms with Crippen molar-refractivity contribution in [3.8, 4) is 0 Å². The van der Waals surface area contributed by atoms with Crippen molar-refractivity contribution in [3.63, 3.8) is 0 Å². The van der Waals surface area contributed by atoms with Crippen LogP contribution in [-0.4, -0.2) is 335 Å². The fraction of sp³-hybridized carbons (Fsp3) is 0.797. The number of primary amides is 1. The lowest BCUT2D eigenvalue weighted by molar-refractivity contribution is -0.148. The highest BCUT2D eigenvalue weighted by atomic mass is 127. The number of urea groups is 2. The summed E-state index contributed by atoms with van der Waals surface area (Å²) in [5, 5.41) is 56.3. The van der Waals surface area contributed by atoms with Gasteiger partial charge in [0.15, 0.2) is 0 Å². The van der Waals surface area contributed by atoms with Gasteiger partial charge in [-0.15, -0.1) is 0 Å². The third-order valence-electron chi connectivity index (χ3n) is 20.1. The van der Waals surface area contributed by atoms with Crippen LogP contribution < -0.4 is 53.6 Å². The second-order valence-electron chi connectivity index (χ2n) is 28.1. The van der Waals surface area contributed by atoms with Crippen molar-refractivity contribution in [3.05, 3.63) is 0 Å². The number of carbonyl (C=O) groups excluding carboxylic acids is 14. The van der Waals surface area contributed by atoms with Crippen molar-refractivity contribution in [2.75, 3.05) is 123 Å². The number of alkyl halides is 1. The Kier molecular flexibility index (Phi) is 39.3. The number of amides is 16. The van der Waals surface area contributed by atoms with E-state index in [2.05, 4.69) is 70.4 Å².